The molecular formula is C20H26N2O2. The fourth-order valence-corrected chi connectivity index (χ4v) is 4.53. The Morgan fingerprint density at radius 3 is 2.88 bits per heavy atom. The molecule has 1 aromatic heterocycles. The van der Waals surface area contributed by atoms with Crippen molar-refractivity contribution in [3.05, 3.63) is 41.3 Å². The van der Waals surface area contributed by atoms with Crippen molar-refractivity contribution < 1.29 is 9.26 Å². The van der Waals surface area contributed by atoms with E-state index in [1.807, 2.05) is 0 Å². The molecule has 24 heavy (non-hydrogen) atoms. The highest BCUT2D eigenvalue weighted by molar-refractivity contribution is 5.60. The lowest BCUT2D eigenvalue weighted by molar-refractivity contribution is 0.378. The van der Waals surface area contributed by atoms with Crippen molar-refractivity contribution in [3.8, 4) is 5.75 Å². The van der Waals surface area contributed by atoms with Gasteiger partial charge in [-0.25, -0.2) is 0 Å². The van der Waals surface area contributed by atoms with Crippen molar-refractivity contribution in [2.75, 3.05) is 12.4 Å². The summed E-state index contributed by atoms with van der Waals surface area (Å²) < 4.78 is 11.1. The Hall–Kier alpha value is -1.97. The number of anilines is 1. The number of nitrogens with one attached hydrogen (secondary N) is 1. The van der Waals surface area contributed by atoms with Crippen molar-refractivity contribution in [2.24, 2.45) is 0 Å². The van der Waals surface area contributed by atoms with E-state index in [0.717, 1.165) is 30.0 Å². The van der Waals surface area contributed by atoms with E-state index in [1.165, 1.54) is 43.2 Å². The Kier molecular flexibility index (Phi) is 3.99. The van der Waals surface area contributed by atoms with Crippen LogP contribution in [0.2, 0.25) is 0 Å². The summed E-state index contributed by atoms with van der Waals surface area (Å²) in [5.74, 6) is 0.958. The first kappa shape index (κ1) is 15.6. The minimum Gasteiger partial charge on any atom is -0.496 e. The van der Waals surface area contributed by atoms with Crippen LogP contribution >= 0.6 is 0 Å². The number of aryl methyl sites for hydroxylation is 1. The van der Waals surface area contributed by atoms with Gasteiger partial charge in [0, 0.05) is 17.0 Å². The van der Waals surface area contributed by atoms with Crippen LogP contribution in [-0.2, 0) is 11.8 Å². The minimum atomic E-state index is -0.161. The van der Waals surface area contributed by atoms with Crippen LogP contribution in [-0.4, -0.2) is 18.3 Å². The molecule has 4 rings (SSSR count). The van der Waals surface area contributed by atoms with Crippen LogP contribution in [0.4, 0.5) is 5.69 Å². The Morgan fingerprint density at radius 1 is 1.25 bits per heavy atom. The van der Waals surface area contributed by atoms with Gasteiger partial charge in [-0.1, -0.05) is 36.6 Å². The Balaban J connectivity index is 1.70. The van der Waals surface area contributed by atoms with E-state index in [-0.39, 0.29) is 5.41 Å². The number of hydrogen-bond donors (Lipinski definition) is 1. The third-order valence-corrected chi connectivity index (χ3v) is 5.84. The molecule has 1 fully saturated rings. The summed E-state index contributed by atoms with van der Waals surface area (Å²) in [7, 11) is 1.75. The summed E-state index contributed by atoms with van der Waals surface area (Å²) in [5, 5.41) is 8.12. The largest absolute Gasteiger partial charge is 0.496 e. The molecule has 4 heteroatoms. The first-order valence-corrected chi connectivity index (χ1v) is 9.10. The van der Waals surface area contributed by atoms with Gasteiger partial charge in [0.15, 0.2) is 0 Å². The Morgan fingerprint density at radius 2 is 2.08 bits per heavy atom. The molecule has 0 aliphatic heterocycles. The highest BCUT2D eigenvalue weighted by Crippen LogP contribution is 2.49. The number of hydrogen-bond acceptors (Lipinski definition) is 4. The number of fused-ring (bicyclic) bond motifs is 1. The maximum atomic E-state index is 5.66. The molecule has 1 heterocycles. The van der Waals surface area contributed by atoms with Crippen LogP contribution in [0.1, 0.15) is 62.3 Å². The van der Waals surface area contributed by atoms with Gasteiger partial charge in [0.1, 0.15) is 17.7 Å². The maximum Gasteiger partial charge on any atom is 0.147 e. The highest BCUT2D eigenvalue weighted by atomic mass is 16.5. The molecule has 1 saturated carbocycles. The van der Waals surface area contributed by atoms with Crippen LogP contribution in [0.15, 0.2) is 29.0 Å². The maximum absolute atomic E-state index is 5.66. The summed E-state index contributed by atoms with van der Waals surface area (Å²) >= 11 is 0. The van der Waals surface area contributed by atoms with Crippen molar-refractivity contribution in [1.29, 1.82) is 0 Å². The second kappa shape index (κ2) is 6.15. The first-order valence-electron chi connectivity index (χ1n) is 9.10. The van der Waals surface area contributed by atoms with E-state index in [1.54, 1.807) is 13.4 Å². The van der Waals surface area contributed by atoms with E-state index >= 15 is 0 Å². The summed E-state index contributed by atoms with van der Waals surface area (Å²) in [6, 6.07) is 6.88. The molecule has 0 saturated heterocycles. The van der Waals surface area contributed by atoms with Crippen LogP contribution in [0.5, 0.6) is 5.75 Å². The summed E-state index contributed by atoms with van der Waals surface area (Å²) in [6.45, 7) is 2.27. The van der Waals surface area contributed by atoms with Crippen LogP contribution in [0.3, 0.4) is 0 Å². The van der Waals surface area contributed by atoms with Gasteiger partial charge < -0.3 is 14.6 Å². The molecule has 2 aromatic rings. The molecule has 1 N–H and O–H groups in total. The smallest absolute Gasteiger partial charge is 0.147 e. The normalized spacial score (nSPS) is 23.9. The van der Waals surface area contributed by atoms with Gasteiger partial charge in [0.2, 0.25) is 0 Å². The van der Waals surface area contributed by atoms with Crippen LogP contribution in [0.25, 0.3) is 0 Å². The molecule has 1 aromatic carbocycles. The van der Waals surface area contributed by atoms with Gasteiger partial charge in [-0.3, -0.25) is 0 Å². The fourth-order valence-electron chi connectivity index (χ4n) is 4.53. The molecule has 128 valence electrons. The average molecular weight is 326 g/mol. The molecule has 2 aliphatic rings. The van der Waals surface area contributed by atoms with Gasteiger partial charge >= 0.3 is 0 Å². The summed E-state index contributed by atoms with van der Waals surface area (Å²) in [4.78, 5) is 0. The predicted octanol–water partition coefficient (Wildman–Crippen LogP) is 4.68. The van der Waals surface area contributed by atoms with Crippen molar-refractivity contribution in [1.82, 2.24) is 5.16 Å². The molecule has 0 radical (unpaired) electrons. The van der Waals surface area contributed by atoms with Crippen molar-refractivity contribution >= 4 is 5.69 Å². The zero-order chi connectivity index (χ0) is 16.6. The number of nitrogens with zero attached hydrogens (tertiary/aromatic N) is 1. The zero-order valence-electron chi connectivity index (χ0n) is 14.6. The lowest BCUT2D eigenvalue weighted by Crippen LogP contribution is -2.27. The van der Waals surface area contributed by atoms with Gasteiger partial charge in [-0.2, -0.15) is 0 Å². The van der Waals surface area contributed by atoms with E-state index in [0.29, 0.717) is 6.04 Å². The van der Waals surface area contributed by atoms with Crippen LogP contribution < -0.4 is 10.1 Å². The first-order chi connectivity index (χ1) is 11.7. The number of benzene rings is 1. The molecule has 4 nitrogen and oxygen atoms in total. The summed E-state index contributed by atoms with van der Waals surface area (Å²) in [6.07, 6.45) is 10.3. The van der Waals surface area contributed by atoms with Gasteiger partial charge in [0.25, 0.3) is 0 Å². The number of methoxy groups -OCH3 is 1. The van der Waals surface area contributed by atoms with E-state index in [9.17, 15) is 0 Å². The third kappa shape index (κ3) is 2.48. The Bertz CT molecular complexity index is 718. The lowest BCUT2D eigenvalue weighted by Gasteiger charge is -2.28. The minimum absolute atomic E-state index is 0.161. The third-order valence-electron chi connectivity index (χ3n) is 5.84. The standard InChI is InChI=1S/C20H26N2O2/c1-20(12-11-14-7-6-10-17(23-2)18(14)20)19-16(13-24-22-19)21-15-8-4-3-5-9-15/h6-7,10,13,15,21H,3-5,8-9,11-12H2,1-2H3. The van der Waals surface area contributed by atoms with E-state index < -0.39 is 0 Å². The van der Waals surface area contributed by atoms with Crippen LogP contribution in [0, 0.1) is 0 Å². The molecular weight excluding hydrogens is 300 g/mol. The zero-order valence-corrected chi connectivity index (χ0v) is 14.6. The quantitative estimate of drug-likeness (QED) is 0.886. The molecule has 1 unspecified atom stereocenters. The van der Waals surface area contributed by atoms with E-state index in [4.69, 9.17) is 9.26 Å². The second-order valence-corrected chi connectivity index (χ2v) is 7.38. The highest BCUT2D eigenvalue weighted by Gasteiger charge is 2.42. The number of rotatable bonds is 4. The fraction of sp³-hybridized carbons (Fsp3) is 0.550. The van der Waals surface area contributed by atoms with E-state index in [2.05, 4.69) is 35.6 Å². The van der Waals surface area contributed by atoms with Crippen molar-refractivity contribution in [2.45, 2.75) is 63.3 Å². The lowest BCUT2D eigenvalue weighted by atomic mass is 9.79. The molecule has 1 atom stereocenters. The van der Waals surface area contributed by atoms with Crippen molar-refractivity contribution in [3.63, 3.8) is 0 Å². The van der Waals surface area contributed by atoms with Gasteiger partial charge in [-0.15, -0.1) is 0 Å². The Labute approximate surface area is 143 Å². The predicted molar refractivity (Wildman–Crippen MR) is 94.8 cm³/mol. The SMILES string of the molecule is COc1cccc2c1C(C)(c1nocc1NC1CCCCC1)CC2. The number of ether oxygens (including phenoxy) is 1. The molecule has 0 spiro atoms. The molecule has 0 bridgehead atoms. The van der Waals surface area contributed by atoms with Gasteiger partial charge in [-0.05, 0) is 44.2 Å². The topological polar surface area (TPSA) is 47.3 Å². The van der Waals surface area contributed by atoms with Gasteiger partial charge in [0.05, 0.1) is 12.8 Å². The molecule has 0 amide bonds. The number of aromatic nitrogens is 1. The molecule has 2 aliphatic carbocycles. The second-order valence-electron chi connectivity index (χ2n) is 7.38. The summed E-state index contributed by atoms with van der Waals surface area (Å²) in [5.41, 5.74) is 4.56. The average Bonchev–Trinajstić information content (AvgIpc) is 3.22. The monoisotopic (exact) mass is 326 g/mol.